The molecular weight excluding hydrogens is 402 g/mol. The van der Waals surface area contributed by atoms with Gasteiger partial charge in [0.2, 0.25) is 5.82 Å². The first-order valence-electron chi connectivity index (χ1n) is 9.27. The van der Waals surface area contributed by atoms with E-state index in [0.29, 0.717) is 27.7 Å². The molecule has 30 heavy (non-hydrogen) atoms. The Hall–Kier alpha value is -3.64. The van der Waals surface area contributed by atoms with Crippen LogP contribution in [0.5, 0.6) is 5.75 Å². The van der Waals surface area contributed by atoms with Crippen LogP contribution in [0.4, 0.5) is 5.69 Å². The second-order valence-corrected chi connectivity index (χ2v) is 7.01. The van der Waals surface area contributed by atoms with Gasteiger partial charge in [-0.25, -0.2) is 0 Å². The average Bonchev–Trinajstić information content (AvgIpc) is 3.23. The molecule has 6 nitrogen and oxygen atoms in total. The van der Waals surface area contributed by atoms with Crippen LogP contribution in [0.15, 0.2) is 77.3 Å². The van der Waals surface area contributed by atoms with Gasteiger partial charge in [-0.15, -0.1) is 0 Å². The lowest BCUT2D eigenvalue weighted by Crippen LogP contribution is -2.20. The van der Waals surface area contributed by atoms with Crippen LogP contribution in [0.3, 0.4) is 0 Å². The van der Waals surface area contributed by atoms with E-state index in [1.165, 1.54) is 0 Å². The van der Waals surface area contributed by atoms with Crippen LogP contribution in [0, 0.1) is 6.92 Å². The second-order valence-electron chi connectivity index (χ2n) is 6.61. The largest absolute Gasteiger partial charge is 0.483 e. The van der Waals surface area contributed by atoms with E-state index in [4.69, 9.17) is 20.9 Å². The van der Waals surface area contributed by atoms with E-state index in [-0.39, 0.29) is 18.4 Å². The van der Waals surface area contributed by atoms with Crippen LogP contribution < -0.4 is 10.1 Å². The Morgan fingerprint density at radius 1 is 1.03 bits per heavy atom. The third kappa shape index (κ3) is 4.50. The minimum absolute atomic E-state index is 0.156. The van der Waals surface area contributed by atoms with Crippen LogP contribution in [0.1, 0.15) is 5.56 Å². The van der Waals surface area contributed by atoms with Gasteiger partial charge in [0.05, 0.1) is 10.6 Å². The number of nitrogens with one attached hydrogen (secondary N) is 1. The van der Waals surface area contributed by atoms with Crippen molar-refractivity contribution >= 4 is 23.2 Å². The van der Waals surface area contributed by atoms with Gasteiger partial charge in [-0.1, -0.05) is 53.2 Å². The molecule has 0 saturated heterocycles. The number of carbonyl (C=O) groups is 1. The summed E-state index contributed by atoms with van der Waals surface area (Å²) >= 11 is 6.22. The Balaban J connectivity index is 1.49. The third-order valence-electron chi connectivity index (χ3n) is 4.32. The normalized spacial score (nSPS) is 10.6. The van der Waals surface area contributed by atoms with E-state index in [2.05, 4.69) is 15.5 Å². The van der Waals surface area contributed by atoms with Crippen molar-refractivity contribution in [3.8, 4) is 28.6 Å². The Bertz CT molecular complexity index is 1190. The molecule has 0 fully saturated rings. The molecule has 7 heteroatoms. The van der Waals surface area contributed by atoms with Gasteiger partial charge in [-0.05, 0) is 48.9 Å². The molecule has 1 heterocycles. The summed E-state index contributed by atoms with van der Waals surface area (Å²) in [4.78, 5) is 16.7. The number of benzene rings is 3. The summed E-state index contributed by atoms with van der Waals surface area (Å²) in [5, 5.41) is 7.36. The SMILES string of the molecule is Cc1cccc(NC(=O)COc2ccccc2-c2nc(-c3ccccc3Cl)no2)c1. The molecule has 0 atom stereocenters. The fourth-order valence-electron chi connectivity index (χ4n) is 2.92. The molecule has 0 spiro atoms. The van der Waals surface area contributed by atoms with E-state index in [1.54, 1.807) is 18.2 Å². The number of aryl methyl sites for hydroxylation is 1. The van der Waals surface area contributed by atoms with Gasteiger partial charge in [0.1, 0.15) is 5.75 Å². The molecule has 4 aromatic rings. The summed E-state index contributed by atoms with van der Waals surface area (Å²) < 4.78 is 11.1. The summed E-state index contributed by atoms with van der Waals surface area (Å²) in [6, 6.07) is 22.0. The van der Waals surface area contributed by atoms with Crippen molar-refractivity contribution in [1.82, 2.24) is 10.1 Å². The van der Waals surface area contributed by atoms with E-state index in [1.807, 2.05) is 61.5 Å². The highest BCUT2D eigenvalue weighted by atomic mass is 35.5. The Labute approximate surface area is 178 Å². The minimum Gasteiger partial charge on any atom is -0.483 e. The van der Waals surface area contributed by atoms with Crippen molar-refractivity contribution in [2.75, 3.05) is 11.9 Å². The summed E-state index contributed by atoms with van der Waals surface area (Å²) in [6.45, 7) is 1.81. The first-order chi connectivity index (χ1) is 14.6. The molecule has 0 aliphatic heterocycles. The van der Waals surface area contributed by atoms with Gasteiger partial charge >= 0.3 is 0 Å². The molecule has 4 rings (SSSR count). The zero-order valence-corrected chi connectivity index (χ0v) is 16.9. The number of carbonyl (C=O) groups excluding carboxylic acids is 1. The first kappa shape index (κ1) is 19.7. The number of hydrogen-bond acceptors (Lipinski definition) is 5. The molecule has 1 aromatic heterocycles. The maximum Gasteiger partial charge on any atom is 0.262 e. The molecule has 150 valence electrons. The lowest BCUT2D eigenvalue weighted by molar-refractivity contribution is -0.118. The lowest BCUT2D eigenvalue weighted by Gasteiger charge is -2.10. The van der Waals surface area contributed by atoms with E-state index < -0.39 is 0 Å². The zero-order valence-electron chi connectivity index (χ0n) is 16.1. The van der Waals surface area contributed by atoms with Crippen molar-refractivity contribution in [1.29, 1.82) is 0 Å². The minimum atomic E-state index is -0.266. The number of para-hydroxylation sites is 1. The fourth-order valence-corrected chi connectivity index (χ4v) is 3.14. The number of anilines is 1. The average molecular weight is 420 g/mol. The monoisotopic (exact) mass is 419 g/mol. The number of halogens is 1. The summed E-state index contributed by atoms with van der Waals surface area (Å²) in [5.41, 5.74) is 3.04. The van der Waals surface area contributed by atoms with Gasteiger partial charge in [-0.3, -0.25) is 4.79 Å². The van der Waals surface area contributed by atoms with Crippen LogP contribution in [0.25, 0.3) is 22.8 Å². The molecule has 0 bridgehead atoms. The van der Waals surface area contributed by atoms with Gasteiger partial charge in [0.25, 0.3) is 11.8 Å². The molecule has 0 radical (unpaired) electrons. The molecule has 3 aromatic carbocycles. The Kier molecular flexibility index (Phi) is 5.77. The van der Waals surface area contributed by atoms with Gasteiger partial charge in [-0.2, -0.15) is 4.98 Å². The third-order valence-corrected chi connectivity index (χ3v) is 4.65. The van der Waals surface area contributed by atoms with E-state index in [9.17, 15) is 4.79 Å². The van der Waals surface area contributed by atoms with Gasteiger partial charge in [0.15, 0.2) is 6.61 Å². The summed E-state index contributed by atoms with van der Waals surface area (Å²) in [6.07, 6.45) is 0. The molecular formula is C23H18ClN3O3. The van der Waals surface area contributed by atoms with Crippen LogP contribution >= 0.6 is 11.6 Å². The maximum absolute atomic E-state index is 12.3. The smallest absolute Gasteiger partial charge is 0.262 e. The van der Waals surface area contributed by atoms with E-state index >= 15 is 0 Å². The molecule has 1 amide bonds. The number of aromatic nitrogens is 2. The molecule has 0 aliphatic carbocycles. The number of rotatable bonds is 6. The van der Waals surface area contributed by atoms with Crippen LogP contribution in [0.2, 0.25) is 5.02 Å². The topological polar surface area (TPSA) is 77.2 Å². The number of amides is 1. The summed E-state index contributed by atoms with van der Waals surface area (Å²) in [7, 11) is 0. The molecule has 0 aliphatic rings. The predicted octanol–water partition coefficient (Wildman–Crippen LogP) is 5.38. The number of ether oxygens (including phenoxy) is 1. The van der Waals surface area contributed by atoms with Crippen LogP contribution in [-0.4, -0.2) is 22.7 Å². The predicted molar refractivity (Wildman–Crippen MR) is 115 cm³/mol. The number of hydrogen-bond donors (Lipinski definition) is 1. The highest BCUT2D eigenvalue weighted by molar-refractivity contribution is 6.33. The van der Waals surface area contributed by atoms with Crippen molar-refractivity contribution < 1.29 is 14.1 Å². The van der Waals surface area contributed by atoms with Gasteiger partial charge in [0, 0.05) is 11.3 Å². The highest BCUT2D eigenvalue weighted by Gasteiger charge is 2.17. The standard InChI is InChI=1S/C23H18ClN3O3/c1-15-7-6-8-16(13-15)25-21(28)14-29-20-12-5-3-10-18(20)23-26-22(27-30-23)17-9-2-4-11-19(17)24/h2-13H,14H2,1H3,(H,25,28). The Morgan fingerprint density at radius 2 is 1.80 bits per heavy atom. The molecule has 1 N–H and O–H groups in total. The summed E-state index contributed by atoms with van der Waals surface area (Å²) in [5.74, 6) is 0.853. The van der Waals surface area contributed by atoms with Crippen molar-refractivity contribution in [3.05, 3.63) is 83.4 Å². The quantitative estimate of drug-likeness (QED) is 0.453. The maximum atomic E-state index is 12.3. The second kappa shape index (κ2) is 8.80. The zero-order chi connectivity index (χ0) is 20.9. The Morgan fingerprint density at radius 3 is 2.60 bits per heavy atom. The molecule has 0 saturated carbocycles. The molecule has 0 unspecified atom stereocenters. The van der Waals surface area contributed by atoms with Crippen LogP contribution in [-0.2, 0) is 4.79 Å². The lowest BCUT2D eigenvalue weighted by atomic mass is 10.2. The van der Waals surface area contributed by atoms with Crippen molar-refractivity contribution in [2.24, 2.45) is 0 Å². The van der Waals surface area contributed by atoms with E-state index in [0.717, 1.165) is 11.3 Å². The first-order valence-corrected chi connectivity index (χ1v) is 9.65. The van der Waals surface area contributed by atoms with Crippen molar-refractivity contribution in [2.45, 2.75) is 6.92 Å². The fraction of sp³-hybridized carbons (Fsp3) is 0.0870. The highest BCUT2D eigenvalue weighted by Crippen LogP contribution is 2.32. The van der Waals surface area contributed by atoms with Crippen molar-refractivity contribution in [3.63, 3.8) is 0 Å². The number of nitrogens with zero attached hydrogens (tertiary/aromatic N) is 2. The van der Waals surface area contributed by atoms with Gasteiger partial charge < -0.3 is 14.6 Å².